The van der Waals surface area contributed by atoms with Crippen LogP contribution in [-0.4, -0.2) is 50.5 Å². The Bertz CT molecular complexity index is 762. The molecule has 1 spiro atoms. The summed E-state index contributed by atoms with van der Waals surface area (Å²) >= 11 is 0. The Kier molecular flexibility index (Phi) is 4.72. The summed E-state index contributed by atoms with van der Waals surface area (Å²) in [6, 6.07) is 5.86. The summed E-state index contributed by atoms with van der Waals surface area (Å²) < 4.78 is 5.54. The van der Waals surface area contributed by atoms with E-state index < -0.39 is 0 Å². The van der Waals surface area contributed by atoms with Gasteiger partial charge in [0.1, 0.15) is 0 Å². The SMILES string of the molecule is Cc1nnc(CN2CCCC3(CCC(=O)N(Cc4ccccn4)C3)C2)o1. The van der Waals surface area contributed by atoms with Crippen molar-refractivity contribution in [1.29, 1.82) is 0 Å². The molecule has 1 unspecified atom stereocenters. The number of rotatable bonds is 4. The minimum atomic E-state index is 0.163. The maximum absolute atomic E-state index is 12.5. The van der Waals surface area contributed by atoms with Crippen molar-refractivity contribution in [2.45, 2.75) is 45.7 Å². The molecule has 2 aromatic heterocycles. The molecule has 0 radical (unpaired) electrons. The van der Waals surface area contributed by atoms with Crippen LogP contribution >= 0.6 is 0 Å². The van der Waals surface area contributed by atoms with E-state index in [1.54, 1.807) is 6.20 Å². The van der Waals surface area contributed by atoms with Gasteiger partial charge in [0, 0.05) is 38.0 Å². The molecule has 2 aliphatic heterocycles. The largest absolute Gasteiger partial charge is 0.424 e. The number of piperidine rings is 2. The Hall–Kier alpha value is -2.28. The Morgan fingerprint density at radius 1 is 1.19 bits per heavy atom. The molecule has 7 nitrogen and oxygen atoms in total. The van der Waals surface area contributed by atoms with E-state index in [-0.39, 0.29) is 11.3 Å². The molecular weight excluding hydrogens is 330 g/mol. The number of aromatic nitrogens is 3. The fraction of sp³-hybridized carbons (Fsp3) is 0.579. The summed E-state index contributed by atoms with van der Waals surface area (Å²) in [5.74, 6) is 1.53. The smallest absolute Gasteiger partial charge is 0.230 e. The van der Waals surface area contributed by atoms with Crippen molar-refractivity contribution in [2.75, 3.05) is 19.6 Å². The topological polar surface area (TPSA) is 75.4 Å². The number of carbonyl (C=O) groups excluding carboxylic acids is 1. The summed E-state index contributed by atoms with van der Waals surface area (Å²) in [5.41, 5.74) is 1.11. The number of likely N-dealkylation sites (tertiary alicyclic amines) is 2. The third kappa shape index (κ3) is 3.77. The zero-order valence-electron chi connectivity index (χ0n) is 15.2. The van der Waals surface area contributed by atoms with Crippen LogP contribution in [0.15, 0.2) is 28.8 Å². The van der Waals surface area contributed by atoms with E-state index in [0.29, 0.717) is 31.3 Å². The molecule has 4 heterocycles. The van der Waals surface area contributed by atoms with E-state index in [9.17, 15) is 4.79 Å². The highest BCUT2D eigenvalue weighted by Gasteiger charge is 2.41. The van der Waals surface area contributed by atoms with Gasteiger partial charge in [-0.1, -0.05) is 6.07 Å². The molecule has 0 bridgehead atoms. The van der Waals surface area contributed by atoms with Gasteiger partial charge < -0.3 is 9.32 Å². The first-order chi connectivity index (χ1) is 12.6. The lowest BCUT2D eigenvalue weighted by atomic mass is 9.73. The van der Waals surface area contributed by atoms with Crippen LogP contribution in [0.2, 0.25) is 0 Å². The van der Waals surface area contributed by atoms with E-state index in [2.05, 4.69) is 20.1 Å². The number of aryl methyl sites for hydroxylation is 1. The van der Waals surface area contributed by atoms with Crippen molar-refractivity contribution in [3.63, 3.8) is 0 Å². The maximum atomic E-state index is 12.5. The van der Waals surface area contributed by atoms with Gasteiger partial charge in [0.15, 0.2) is 0 Å². The van der Waals surface area contributed by atoms with Crippen LogP contribution in [0.25, 0.3) is 0 Å². The van der Waals surface area contributed by atoms with E-state index in [1.165, 1.54) is 6.42 Å². The van der Waals surface area contributed by atoms with Gasteiger partial charge in [0.05, 0.1) is 18.8 Å². The molecule has 0 saturated carbocycles. The predicted octanol–water partition coefficient (Wildman–Crippen LogP) is 2.18. The summed E-state index contributed by atoms with van der Waals surface area (Å²) in [6.45, 7) is 5.93. The molecule has 1 amide bonds. The fourth-order valence-corrected chi connectivity index (χ4v) is 4.30. The third-order valence-corrected chi connectivity index (χ3v) is 5.49. The fourth-order valence-electron chi connectivity index (χ4n) is 4.30. The lowest BCUT2D eigenvalue weighted by molar-refractivity contribution is -0.140. The monoisotopic (exact) mass is 355 g/mol. The van der Waals surface area contributed by atoms with Gasteiger partial charge >= 0.3 is 0 Å². The van der Waals surface area contributed by atoms with Crippen LogP contribution in [0, 0.1) is 12.3 Å². The second-order valence-electron chi connectivity index (χ2n) is 7.60. The second kappa shape index (κ2) is 7.15. The first-order valence-electron chi connectivity index (χ1n) is 9.31. The number of nitrogens with zero attached hydrogens (tertiary/aromatic N) is 5. The molecule has 4 rings (SSSR count). The molecular formula is C19H25N5O2. The van der Waals surface area contributed by atoms with Gasteiger partial charge in [0.2, 0.25) is 17.7 Å². The molecule has 26 heavy (non-hydrogen) atoms. The average molecular weight is 355 g/mol. The predicted molar refractivity (Wildman–Crippen MR) is 94.9 cm³/mol. The molecule has 2 fully saturated rings. The number of amides is 1. The highest BCUT2D eigenvalue weighted by atomic mass is 16.4. The second-order valence-corrected chi connectivity index (χ2v) is 7.60. The van der Waals surface area contributed by atoms with E-state index in [1.807, 2.05) is 30.0 Å². The highest BCUT2D eigenvalue weighted by molar-refractivity contribution is 5.77. The first-order valence-corrected chi connectivity index (χ1v) is 9.31. The molecule has 2 saturated heterocycles. The Morgan fingerprint density at radius 2 is 2.12 bits per heavy atom. The van der Waals surface area contributed by atoms with Gasteiger partial charge in [0.25, 0.3) is 0 Å². The molecule has 1 atom stereocenters. The van der Waals surface area contributed by atoms with Crippen LogP contribution < -0.4 is 0 Å². The lowest BCUT2D eigenvalue weighted by Gasteiger charge is -2.48. The third-order valence-electron chi connectivity index (χ3n) is 5.49. The number of carbonyl (C=O) groups is 1. The van der Waals surface area contributed by atoms with Crippen molar-refractivity contribution in [3.05, 3.63) is 41.9 Å². The molecule has 2 aliphatic rings. The van der Waals surface area contributed by atoms with E-state index in [0.717, 1.165) is 38.2 Å². The Morgan fingerprint density at radius 3 is 2.88 bits per heavy atom. The van der Waals surface area contributed by atoms with Crippen molar-refractivity contribution >= 4 is 5.91 Å². The van der Waals surface area contributed by atoms with Gasteiger partial charge in [-0.15, -0.1) is 10.2 Å². The molecule has 0 N–H and O–H groups in total. The number of hydrogen-bond acceptors (Lipinski definition) is 6. The van der Waals surface area contributed by atoms with Crippen LogP contribution in [-0.2, 0) is 17.9 Å². The van der Waals surface area contributed by atoms with Gasteiger partial charge in [-0.3, -0.25) is 14.7 Å². The van der Waals surface area contributed by atoms with Gasteiger partial charge in [-0.05, 0) is 37.9 Å². The van der Waals surface area contributed by atoms with Gasteiger partial charge in [-0.25, -0.2) is 0 Å². The Balaban J connectivity index is 1.43. The van der Waals surface area contributed by atoms with Crippen molar-refractivity contribution in [3.8, 4) is 0 Å². The number of pyridine rings is 1. The highest BCUT2D eigenvalue weighted by Crippen LogP contribution is 2.39. The van der Waals surface area contributed by atoms with Crippen molar-refractivity contribution in [2.24, 2.45) is 5.41 Å². The minimum Gasteiger partial charge on any atom is -0.424 e. The maximum Gasteiger partial charge on any atom is 0.230 e. The van der Waals surface area contributed by atoms with E-state index in [4.69, 9.17) is 4.42 Å². The average Bonchev–Trinajstić information content (AvgIpc) is 3.04. The molecule has 7 heteroatoms. The summed E-state index contributed by atoms with van der Waals surface area (Å²) in [6.07, 6.45) is 5.68. The van der Waals surface area contributed by atoms with Crippen LogP contribution in [0.4, 0.5) is 0 Å². The van der Waals surface area contributed by atoms with Crippen LogP contribution in [0.1, 0.15) is 43.2 Å². The van der Waals surface area contributed by atoms with Crippen molar-refractivity contribution in [1.82, 2.24) is 25.0 Å². The van der Waals surface area contributed by atoms with Gasteiger partial charge in [-0.2, -0.15) is 0 Å². The van der Waals surface area contributed by atoms with Crippen LogP contribution in [0.3, 0.4) is 0 Å². The van der Waals surface area contributed by atoms with E-state index >= 15 is 0 Å². The zero-order chi connectivity index (χ0) is 18.0. The molecule has 0 aliphatic carbocycles. The minimum absolute atomic E-state index is 0.163. The standard InChI is InChI=1S/C19H25N5O2/c1-15-21-22-17(26-15)12-23-10-4-7-19(13-23)8-6-18(25)24(14-19)11-16-5-2-3-9-20-16/h2-3,5,9H,4,6-8,10-14H2,1H3. The molecule has 2 aromatic rings. The lowest BCUT2D eigenvalue weighted by Crippen LogP contribution is -2.53. The van der Waals surface area contributed by atoms with Crippen molar-refractivity contribution < 1.29 is 9.21 Å². The quantitative estimate of drug-likeness (QED) is 0.837. The number of hydrogen-bond donors (Lipinski definition) is 0. The summed E-state index contributed by atoms with van der Waals surface area (Å²) in [4.78, 5) is 21.2. The molecule has 138 valence electrons. The normalized spacial score (nSPS) is 24.3. The zero-order valence-corrected chi connectivity index (χ0v) is 15.2. The molecule has 0 aromatic carbocycles. The summed E-state index contributed by atoms with van der Waals surface area (Å²) in [5, 5.41) is 8.05. The van der Waals surface area contributed by atoms with Crippen LogP contribution in [0.5, 0.6) is 0 Å². The first kappa shape index (κ1) is 17.1. The Labute approximate surface area is 153 Å². The summed E-state index contributed by atoms with van der Waals surface area (Å²) in [7, 11) is 0.